The summed E-state index contributed by atoms with van der Waals surface area (Å²) >= 11 is 0. The van der Waals surface area contributed by atoms with Crippen molar-refractivity contribution >= 4 is 5.69 Å². The molecule has 3 nitrogen and oxygen atoms in total. The van der Waals surface area contributed by atoms with Gasteiger partial charge in [0.25, 0.3) is 0 Å². The first-order valence-electron chi connectivity index (χ1n) is 6.96. The zero-order valence-electron chi connectivity index (χ0n) is 12.3. The average molecular weight is 289 g/mol. The molecule has 0 aliphatic rings. The lowest BCUT2D eigenvalue weighted by molar-refractivity contribution is 0.183. The van der Waals surface area contributed by atoms with Gasteiger partial charge in [0.05, 0.1) is 13.2 Å². The molecule has 112 valence electrons. The molecule has 0 heterocycles. The lowest BCUT2D eigenvalue weighted by Gasteiger charge is -2.26. The van der Waals surface area contributed by atoms with E-state index in [1.165, 1.54) is 12.1 Å². The van der Waals surface area contributed by atoms with Crippen molar-refractivity contribution in [1.29, 1.82) is 0 Å². The summed E-state index contributed by atoms with van der Waals surface area (Å²) in [6.07, 6.45) is -0.664. The van der Waals surface area contributed by atoms with Gasteiger partial charge in [0.1, 0.15) is 11.6 Å². The molecule has 2 aromatic carbocycles. The molecule has 0 saturated heterocycles. The molecule has 0 bridgehead atoms. The molecule has 4 heteroatoms. The Morgan fingerprint density at radius 3 is 2.62 bits per heavy atom. The van der Waals surface area contributed by atoms with E-state index in [0.29, 0.717) is 18.8 Å². The Hall–Kier alpha value is -2.07. The standard InChI is InChI=1S/C17H20FNO2/c1-3-19(15-8-5-7-14(18)11-15)12-17(20)13-6-4-9-16(10-13)21-2/h4-11,17,20H,3,12H2,1-2H3. The normalized spacial score (nSPS) is 12.0. The number of aliphatic hydroxyl groups excluding tert-OH is 1. The largest absolute Gasteiger partial charge is 0.497 e. The first-order valence-corrected chi connectivity index (χ1v) is 6.96. The van der Waals surface area contributed by atoms with Crippen LogP contribution in [0.15, 0.2) is 48.5 Å². The number of ether oxygens (including phenoxy) is 1. The second-order valence-corrected chi connectivity index (χ2v) is 4.81. The number of nitrogens with zero attached hydrogens (tertiary/aromatic N) is 1. The first kappa shape index (κ1) is 15.3. The summed E-state index contributed by atoms with van der Waals surface area (Å²) in [5.74, 6) is 0.433. The molecule has 2 aromatic rings. The van der Waals surface area contributed by atoms with Crippen molar-refractivity contribution in [3.63, 3.8) is 0 Å². The van der Waals surface area contributed by atoms with Crippen molar-refractivity contribution in [2.45, 2.75) is 13.0 Å². The number of aliphatic hydroxyl groups is 1. The summed E-state index contributed by atoms with van der Waals surface area (Å²) in [4.78, 5) is 1.94. The van der Waals surface area contributed by atoms with Crippen LogP contribution in [0.25, 0.3) is 0 Å². The fourth-order valence-corrected chi connectivity index (χ4v) is 2.25. The summed E-state index contributed by atoms with van der Waals surface area (Å²) in [5, 5.41) is 10.4. The topological polar surface area (TPSA) is 32.7 Å². The van der Waals surface area contributed by atoms with Crippen LogP contribution in [0.4, 0.5) is 10.1 Å². The Kier molecular flexibility index (Phi) is 5.17. The van der Waals surface area contributed by atoms with E-state index in [1.54, 1.807) is 13.2 Å². The molecular weight excluding hydrogens is 269 g/mol. The average Bonchev–Trinajstić information content (AvgIpc) is 2.52. The Morgan fingerprint density at radius 1 is 1.19 bits per heavy atom. The second kappa shape index (κ2) is 7.09. The molecule has 1 atom stereocenters. The van der Waals surface area contributed by atoms with Gasteiger partial charge in [-0.25, -0.2) is 4.39 Å². The van der Waals surface area contributed by atoms with Crippen molar-refractivity contribution in [2.75, 3.05) is 25.1 Å². The van der Waals surface area contributed by atoms with Crippen molar-refractivity contribution in [1.82, 2.24) is 0 Å². The van der Waals surface area contributed by atoms with Crippen LogP contribution in [0.2, 0.25) is 0 Å². The number of anilines is 1. The smallest absolute Gasteiger partial charge is 0.125 e. The number of benzene rings is 2. The highest BCUT2D eigenvalue weighted by Gasteiger charge is 2.14. The van der Waals surface area contributed by atoms with E-state index in [4.69, 9.17) is 4.74 Å². The summed E-state index contributed by atoms with van der Waals surface area (Å²) in [6.45, 7) is 3.06. The summed E-state index contributed by atoms with van der Waals surface area (Å²) in [5.41, 5.74) is 1.55. The molecule has 0 aliphatic heterocycles. The van der Waals surface area contributed by atoms with E-state index in [2.05, 4.69) is 0 Å². The number of rotatable bonds is 6. The van der Waals surface area contributed by atoms with Gasteiger partial charge in [-0.15, -0.1) is 0 Å². The van der Waals surface area contributed by atoms with Crippen molar-refractivity contribution in [2.24, 2.45) is 0 Å². The highest BCUT2D eigenvalue weighted by atomic mass is 19.1. The molecule has 0 radical (unpaired) electrons. The lowest BCUT2D eigenvalue weighted by Crippen LogP contribution is -2.28. The minimum Gasteiger partial charge on any atom is -0.497 e. The zero-order chi connectivity index (χ0) is 15.2. The number of hydrogen-bond donors (Lipinski definition) is 1. The van der Waals surface area contributed by atoms with Crippen LogP contribution in [0.3, 0.4) is 0 Å². The van der Waals surface area contributed by atoms with E-state index in [1.807, 2.05) is 42.2 Å². The fourth-order valence-electron chi connectivity index (χ4n) is 2.25. The highest BCUT2D eigenvalue weighted by molar-refractivity contribution is 5.47. The Morgan fingerprint density at radius 2 is 1.95 bits per heavy atom. The molecular formula is C17H20FNO2. The van der Waals surface area contributed by atoms with Crippen molar-refractivity contribution < 1.29 is 14.2 Å². The van der Waals surface area contributed by atoms with Gasteiger partial charge in [0.15, 0.2) is 0 Å². The van der Waals surface area contributed by atoms with Crippen LogP contribution in [-0.2, 0) is 0 Å². The predicted octanol–water partition coefficient (Wildman–Crippen LogP) is 3.39. The third-order valence-corrected chi connectivity index (χ3v) is 3.43. The van der Waals surface area contributed by atoms with Crippen LogP contribution in [0, 0.1) is 5.82 Å². The molecule has 21 heavy (non-hydrogen) atoms. The van der Waals surface area contributed by atoms with E-state index in [-0.39, 0.29) is 5.82 Å². The van der Waals surface area contributed by atoms with Crippen LogP contribution in [-0.4, -0.2) is 25.3 Å². The van der Waals surface area contributed by atoms with Gasteiger partial charge in [-0.05, 0) is 42.8 Å². The van der Waals surface area contributed by atoms with E-state index in [9.17, 15) is 9.50 Å². The van der Waals surface area contributed by atoms with Gasteiger partial charge in [0.2, 0.25) is 0 Å². The maximum Gasteiger partial charge on any atom is 0.125 e. The molecule has 1 unspecified atom stereocenters. The summed E-state index contributed by atoms with van der Waals surface area (Å²) < 4.78 is 18.5. The highest BCUT2D eigenvalue weighted by Crippen LogP contribution is 2.23. The van der Waals surface area contributed by atoms with E-state index < -0.39 is 6.10 Å². The molecule has 0 aromatic heterocycles. The number of halogens is 1. The molecule has 0 saturated carbocycles. The third-order valence-electron chi connectivity index (χ3n) is 3.43. The maximum atomic E-state index is 13.3. The van der Waals surface area contributed by atoms with Gasteiger partial charge >= 0.3 is 0 Å². The SMILES string of the molecule is CCN(CC(O)c1cccc(OC)c1)c1cccc(F)c1. The lowest BCUT2D eigenvalue weighted by atomic mass is 10.1. The first-order chi connectivity index (χ1) is 10.1. The molecule has 0 fully saturated rings. The minimum atomic E-state index is -0.664. The quantitative estimate of drug-likeness (QED) is 0.884. The van der Waals surface area contributed by atoms with E-state index in [0.717, 1.165) is 11.3 Å². The molecule has 0 amide bonds. The zero-order valence-corrected chi connectivity index (χ0v) is 12.3. The van der Waals surface area contributed by atoms with Gasteiger partial charge in [-0.2, -0.15) is 0 Å². The van der Waals surface area contributed by atoms with Crippen LogP contribution >= 0.6 is 0 Å². The number of methoxy groups -OCH3 is 1. The maximum absolute atomic E-state index is 13.3. The monoisotopic (exact) mass is 289 g/mol. The molecule has 0 aliphatic carbocycles. The van der Waals surface area contributed by atoms with Gasteiger partial charge < -0.3 is 14.7 Å². The van der Waals surface area contributed by atoms with Crippen LogP contribution < -0.4 is 9.64 Å². The van der Waals surface area contributed by atoms with Gasteiger partial charge in [0, 0.05) is 18.8 Å². The van der Waals surface area contributed by atoms with Crippen LogP contribution in [0.1, 0.15) is 18.6 Å². The summed E-state index contributed by atoms with van der Waals surface area (Å²) in [7, 11) is 1.59. The number of hydrogen-bond acceptors (Lipinski definition) is 3. The molecule has 1 N–H and O–H groups in total. The second-order valence-electron chi connectivity index (χ2n) is 4.81. The van der Waals surface area contributed by atoms with Gasteiger partial charge in [-0.1, -0.05) is 18.2 Å². The third kappa shape index (κ3) is 3.95. The Balaban J connectivity index is 2.14. The molecule has 0 spiro atoms. The Bertz CT molecular complexity index is 589. The van der Waals surface area contributed by atoms with Crippen molar-refractivity contribution in [3.05, 3.63) is 59.9 Å². The predicted molar refractivity (Wildman–Crippen MR) is 82.2 cm³/mol. The number of likely N-dealkylation sites (N-methyl/N-ethyl adjacent to an activating group) is 1. The summed E-state index contributed by atoms with van der Waals surface area (Å²) in [6, 6.07) is 13.7. The van der Waals surface area contributed by atoms with Crippen molar-refractivity contribution in [3.8, 4) is 5.75 Å². The fraction of sp³-hybridized carbons (Fsp3) is 0.294. The Labute approximate surface area is 124 Å². The van der Waals surface area contributed by atoms with Crippen LogP contribution in [0.5, 0.6) is 5.75 Å². The minimum absolute atomic E-state index is 0.276. The molecule has 2 rings (SSSR count). The van der Waals surface area contributed by atoms with E-state index >= 15 is 0 Å². The van der Waals surface area contributed by atoms with Gasteiger partial charge in [-0.3, -0.25) is 0 Å².